The number of thiazole rings is 1. The summed E-state index contributed by atoms with van der Waals surface area (Å²) in [6, 6.07) is 5.80. The second kappa shape index (κ2) is 4.93. The molecule has 2 heterocycles. The summed E-state index contributed by atoms with van der Waals surface area (Å²) < 4.78 is 0. The van der Waals surface area contributed by atoms with Crippen LogP contribution in [0.15, 0.2) is 24.5 Å². The molecular weight excluding hydrogens is 232 g/mol. The molecule has 0 amide bonds. The summed E-state index contributed by atoms with van der Waals surface area (Å²) in [5.41, 5.74) is 1.16. The lowest BCUT2D eigenvalue weighted by Gasteiger charge is -2.12. The molecule has 2 rings (SSSR count). The average molecular weight is 244 g/mol. The molecule has 1 unspecified atom stereocenters. The Morgan fingerprint density at radius 2 is 2.29 bits per heavy atom. The van der Waals surface area contributed by atoms with Gasteiger partial charge in [0.1, 0.15) is 11.1 Å². The van der Waals surface area contributed by atoms with E-state index >= 15 is 0 Å². The van der Waals surface area contributed by atoms with Gasteiger partial charge in [-0.2, -0.15) is 5.26 Å². The van der Waals surface area contributed by atoms with Crippen LogP contribution in [0, 0.1) is 18.3 Å². The van der Waals surface area contributed by atoms with Crippen molar-refractivity contribution >= 4 is 17.0 Å². The number of anilines is 1. The van der Waals surface area contributed by atoms with E-state index in [1.165, 1.54) is 4.88 Å². The van der Waals surface area contributed by atoms with E-state index in [2.05, 4.69) is 21.4 Å². The fraction of sp³-hybridized carbons (Fsp3) is 0.250. The molecule has 0 fully saturated rings. The zero-order valence-corrected chi connectivity index (χ0v) is 10.5. The van der Waals surface area contributed by atoms with Crippen LogP contribution in [0.3, 0.4) is 0 Å². The van der Waals surface area contributed by atoms with Crippen molar-refractivity contribution in [3.63, 3.8) is 0 Å². The third-order valence-electron chi connectivity index (χ3n) is 2.30. The number of aryl methyl sites for hydroxylation is 1. The lowest BCUT2D eigenvalue weighted by atomic mass is 10.2. The second-order valence-corrected chi connectivity index (χ2v) is 4.95. The third-order valence-corrected chi connectivity index (χ3v) is 3.39. The minimum atomic E-state index is 0.0741. The molecule has 4 nitrogen and oxygen atoms in total. The van der Waals surface area contributed by atoms with Crippen molar-refractivity contribution in [1.82, 2.24) is 9.97 Å². The molecule has 0 aliphatic rings. The van der Waals surface area contributed by atoms with Crippen LogP contribution >= 0.6 is 11.3 Å². The van der Waals surface area contributed by atoms with E-state index in [0.717, 1.165) is 10.7 Å². The maximum absolute atomic E-state index is 8.94. The van der Waals surface area contributed by atoms with Crippen LogP contribution in [-0.2, 0) is 0 Å². The Morgan fingerprint density at radius 3 is 2.94 bits per heavy atom. The van der Waals surface area contributed by atoms with E-state index in [0.29, 0.717) is 5.69 Å². The lowest BCUT2D eigenvalue weighted by molar-refractivity contribution is 0.867. The molecule has 5 heteroatoms. The summed E-state index contributed by atoms with van der Waals surface area (Å²) >= 11 is 1.65. The monoisotopic (exact) mass is 244 g/mol. The van der Waals surface area contributed by atoms with Gasteiger partial charge < -0.3 is 5.32 Å². The zero-order chi connectivity index (χ0) is 12.3. The van der Waals surface area contributed by atoms with Gasteiger partial charge in [0.05, 0.1) is 11.7 Å². The number of nitriles is 1. The molecule has 0 spiro atoms. The highest BCUT2D eigenvalue weighted by atomic mass is 32.1. The second-order valence-electron chi connectivity index (χ2n) is 3.69. The maximum Gasteiger partial charge on any atom is 0.163 e. The van der Waals surface area contributed by atoms with Gasteiger partial charge in [0.15, 0.2) is 5.69 Å². The van der Waals surface area contributed by atoms with E-state index in [1.807, 2.05) is 32.2 Å². The summed E-state index contributed by atoms with van der Waals surface area (Å²) in [5, 5.41) is 13.2. The Hall–Kier alpha value is -1.93. The van der Waals surface area contributed by atoms with E-state index in [9.17, 15) is 0 Å². The molecule has 0 saturated heterocycles. The lowest BCUT2D eigenvalue weighted by Crippen LogP contribution is -2.07. The standard InChI is InChI=1S/C12H12N4S/c1-8-7-15-12(17-8)9(2)16-10-4-3-5-14-11(10)6-13/h3-5,7,9,16H,1-2H3. The van der Waals surface area contributed by atoms with E-state index < -0.39 is 0 Å². The van der Waals surface area contributed by atoms with Gasteiger partial charge in [-0.1, -0.05) is 0 Å². The van der Waals surface area contributed by atoms with E-state index in [-0.39, 0.29) is 6.04 Å². The van der Waals surface area contributed by atoms with Crippen molar-refractivity contribution in [3.8, 4) is 6.07 Å². The molecule has 0 saturated carbocycles. The SMILES string of the molecule is Cc1cnc(C(C)Nc2cccnc2C#N)s1. The molecule has 0 aliphatic heterocycles. The minimum absolute atomic E-state index is 0.0741. The molecule has 0 bridgehead atoms. The number of rotatable bonds is 3. The highest BCUT2D eigenvalue weighted by molar-refractivity contribution is 7.11. The normalized spacial score (nSPS) is 11.8. The van der Waals surface area contributed by atoms with Crippen LogP contribution in [-0.4, -0.2) is 9.97 Å². The summed E-state index contributed by atoms with van der Waals surface area (Å²) in [6.45, 7) is 4.05. The van der Waals surface area contributed by atoms with Crippen molar-refractivity contribution in [2.24, 2.45) is 0 Å². The summed E-state index contributed by atoms with van der Waals surface area (Å²) in [4.78, 5) is 9.51. The predicted molar refractivity (Wildman–Crippen MR) is 67.8 cm³/mol. The molecule has 0 radical (unpaired) electrons. The van der Waals surface area contributed by atoms with Gasteiger partial charge in [-0.3, -0.25) is 0 Å². The third kappa shape index (κ3) is 2.60. The molecule has 1 N–H and O–H groups in total. The maximum atomic E-state index is 8.94. The van der Waals surface area contributed by atoms with Crippen LogP contribution in [0.4, 0.5) is 5.69 Å². The quantitative estimate of drug-likeness (QED) is 0.901. The Bertz CT molecular complexity index is 556. The van der Waals surface area contributed by atoms with Gasteiger partial charge in [-0.15, -0.1) is 11.3 Å². The van der Waals surface area contributed by atoms with Crippen LogP contribution in [0.5, 0.6) is 0 Å². The van der Waals surface area contributed by atoms with Crippen molar-refractivity contribution in [2.45, 2.75) is 19.9 Å². The van der Waals surface area contributed by atoms with Crippen LogP contribution in [0.2, 0.25) is 0 Å². The first-order valence-electron chi connectivity index (χ1n) is 5.24. The average Bonchev–Trinajstić information content (AvgIpc) is 2.77. The van der Waals surface area contributed by atoms with Crippen molar-refractivity contribution in [1.29, 1.82) is 5.26 Å². The first kappa shape index (κ1) is 11.6. The molecule has 1 atom stereocenters. The van der Waals surface area contributed by atoms with Gasteiger partial charge in [0.2, 0.25) is 0 Å². The smallest absolute Gasteiger partial charge is 0.163 e. The largest absolute Gasteiger partial charge is 0.374 e. The van der Waals surface area contributed by atoms with Crippen LogP contribution in [0.1, 0.15) is 28.5 Å². The van der Waals surface area contributed by atoms with Gasteiger partial charge in [-0.25, -0.2) is 9.97 Å². The van der Waals surface area contributed by atoms with Gasteiger partial charge in [-0.05, 0) is 26.0 Å². The fourth-order valence-electron chi connectivity index (χ4n) is 1.48. The topological polar surface area (TPSA) is 61.6 Å². The molecule has 2 aromatic rings. The molecule has 17 heavy (non-hydrogen) atoms. The molecule has 2 aromatic heterocycles. The van der Waals surface area contributed by atoms with E-state index in [4.69, 9.17) is 5.26 Å². The molecule has 86 valence electrons. The minimum Gasteiger partial charge on any atom is -0.374 e. The van der Waals surface area contributed by atoms with Crippen LogP contribution in [0.25, 0.3) is 0 Å². The van der Waals surface area contributed by atoms with Crippen LogP contribution < -0.4 is 5.32 Å². The summed E-state index contributed by atoms with van der Waals surface area (Å²) in [7, 11) is 0. The first-order valence-corrected chi connectivity index (χ1v) is 6.06. The van der Waals surface area contributed by atoms with Gasteiger partial charge >= 0.3 is 0 Å². The van der Waals surface area contributed by atoms with Gasteiger partial charge in [0, 0.05) is 17.3 Å². The highest BCUT2D eigenvalue weighted by Gasteiger charge is 2.11. The Morgan fingerprint density at radius 1 is 1.47 bits per heavy atom. The zero-order valence-electron chi connectivity index (χ0n) is 9.64. The number of nitrogens with one attached hydrogen (secondary N) is 1. The first-order chi connectivity index (χ1) is 8.20. The van der Waals surface area contributed by atoms with Crippen molar-refractivity contribution in [3.05, 3.63) is 40.1 Å². The Labute approximate surface area is 104 Å². The number of nitrogens with zero attached hydrogens (tertiary/aromatic N) is 3. The Kier molecular flexibility index (Phi) is 3.35. The highest BCUT2D eigenvalue weighted by Crippen LogP contribution is 2.24. The Balaban J connectivity index is 2.19. The fourth-order valence-corrected chi connectivity index (χ4v) is 2.25. The number of hydrogen-bond acceptors (Lipinski definition) is 5. The van der Waals surface area contributed by atoms with Crippen molar-refractivity contribution in [2.75, 3.05) is 5.32 Å². The predicted octanol–water partition coefficient (Wildman–Crippen LogP) is 2.89. The summed E-state index contributed by atoms with van der Waals surface area (Å²) in [5.74, 6) is 0. The van der Waals surface area contributed by atoms with Crippen molar-refractivity contribution < 1.29 is 0 Å². The molecule has 0 aliphatic carbocycles. The molecule has 0 aromatic carbocycles. The summed E-state index contributed by atoms with van der Waals surface area (Å²) in [6.07, 6.45) is 3.47. The number of aromatic nitrogens is 2. The van der Waals surface area contributed by atoms with E-state index in [1.54, 1.807) is 17.5 Å². The molecular formula is C12H12N4S. The number of pyridine rings is 1. The van der Waals surface area contributed by atoms with Gasteiger partial charge in [0.25, 0.3) is 0 Å². The number of hydrogen-bond donors (Lipinski definition) is 1.